The summed E-state index contributed by atoms with van der Waals surface area (Å²) in [5.74, 6) is -1.14. The van der Waals surface area contributed by atoms with E-state index in [1.807, 2.05) is 13.0 Å². The highest BCUT2D eigenvalue weighted by Crippen LogP contribution is 2.69. The van der Waals surface area contributed by atoms with Gasteiger partial charge in [0.15, 0.2) is 12.6 Å². The van der Waals surface area contributed by atoms with Gasteiger partial charge in [0, 0.05) is 19.4 Å². The van der Waals surface area contributed by atoms with Crippen molar-refractivity contribution >= 4 is 0 Å². The van der Waals surface area contributed by atoms with E-state index in [9.17, 15) is 46.0 Å². The fraction of sp³-hybridized carbons (Fsp3) is 0.900. The molecule has 0 unspecified atom stereocenters. The molecule has 0 aromatic rings. The average Bonchev–Trinajstić information content (AvgIpc) is 3.32. The van der Waals surface area contributed by atoms with Gasteiger partial charge in [-0.3, -0.25) is 0 Å². The summed E-state index contributed by atoms with van der Waals surface area (Å²) < 4.78 is 28.4. The number of fused-ring (bicyclic) bond motifs is 5. The SMILES string of the molecule is CO[C@H]1[C@H](O[C@@H]2C=C3[C@H](O)C[C@@]4(O)[C@@H]5[C@@H](O)[C@H](O)[C@H]([C@H](C)/C=C/[C@H](CCO[C@@H]6OC[C@@H](O)[C@H](O)[C@H]6O)C(C)C)[C@@]5(C)CC[C@@H]4[C@@]3(C)CC2)OC[C@@H](O)[C@@H]1O. The molecule has 2 aliphatic heterocycles. The van der Waals surface area contributed by atoms with Gasteiger partial charge in [0.2, 0.25) is 0 Å². The number of aliphatic hydroxyl groups excluding tert-OH is 8. The lowest BCUT2D eigenvalue weighted by molar-refractivity contribution is -0.285. The molecule has 14 nitrogen and oxygen atoms in total. The normalized spacial score (nSPS) is 50.7. The van der Waals surface area contributed by atoms with Gasteiger partial charge in [-0.1, -0.05) is 52.8 Å². The van der Waals surface area contributed by atoms with Crippen LogP contribution >= 0.6 is 0 Å². The third-order valence-corrected chi connectivity index (χ3v) is 14.6. The van der Waals surface area contributed by atoms with Crippen molar-refractivity contribution in [1.82, 2.24) is 0 Å². The molecule has 6 aliphatic rings. The molecule has 0 bridgehead atoms. The van der Waals surface area contributed by atoms with Gasteiger partial charge in [0.05, 0.1) is 49.8 Å². The first-order valence-electron chi connectivity index (χ1n) is 20.0. The molecule has 2 heterocycles. The van der Waals surface area contributed by atoms with Crippen molar-refractivity contribution in [3.63, 3.8) is 0 Å². The molecule has 0 aromatic heterocycles. The first-order valence-corrected chi connectivity index (χ1v) is 20.0. The van der Waals surface area contributed by atoms with Crippen molar-refractivity contribution < 1.29 is 69.6 Å². The number of methoxy groups -OCH3 is 1. The second-order valence-electron chi connectivity index (χ2n) is 18.1. The Morgan fingerprint density at radius 3 is 2.17 bits per heavy atom. The Hall–Kier alpha value is -1.08. The minimum atomic E-state index is -1.44. The van der Waals surface area contributed by atoms with Crippen LogP contribution in [0.3, 0.4) is 0 Å². The number of rotatable bonds is 11. The van der Waals surface area contributed by atoms with E-state index in [0.29, 0.717) is 32.1 Å². The highest BCUT2D eigenvalue weighted by atomic mass is 16.7. The number of allylic oxidation sites excluding steroid dienone is 2. The molecule has 54 heavy (non-hydrogen) atoms. The quantitative estimate of drug-likeness (QED) is 0.130. The van der Waals surface area contributed by atoms with E-state index >= 15 is 0 Å². The molecule has 9 N–H and O–H groups in total. The fourth-order valence-corrected chi connectivity index (χ4v) is 11.7. The van der Waals surface area contributed by atoms with Crippen molar-refractivity contribution in [1.29, 1.82) is 0 Å². The van der Waals surface area contributed by atoms with Gasteiger partial charge >= 0.3 is 0 Å². The lowest BCUT2D eigenvalue weighted by Gasteiger charge is -2.63. The van der Waals surface area contributed by atoms with Crippen LogP contribution in [-0.4, -0.2) is 152 Å². The summed E-state index contributed by atoms with van der Waals surface area (Å²) in [4.78, 5) is 0. The minimum absolute atomic E-state index is 0.0170. The summed E-state index contributed by atoms with van der Waals surface area (Å²) in [6, 6.07) is 0. The van der Waals surface area contributed by atoms with E-state index in [-0.39, 0.29) is 55.8 Å². The highest BCUT2D eigenvalue weighted by molar-refractivity contribution is 5.33. The zero-order valence-electron chi connectivity index (χ0n) is 32.6. The molecule has 14 heteroatoms. The molecule has 310 valence electrons. The van der Waals surface area contributed by atoms with Gasteiger partial charge in [-0.05, 0) is 78.1 Å². The molecular weight excluding hydrogens is 704 g/mol. The van der Waals surface area contributed by atoms with Crippen LogP contribution in [0.5, 0.6) is 0 Å². The summed E-state index contributed by atoms with van der Waals surface area (Å²) in [5.41, 5.74) is -1.87. The van der Waals surface area contributed by atoms with Crippen LogP contribution in [0.2, 0.25) is 0 Å². The van der Waals surface area contributed by atoms with Crippen molar-refractivity contribution in [2.75, 3.05) is 26.9 Å². The van der Waals surface area contributed by atoms with E-state index in [2.05, 4.69) is 39.8 Å². The first-order chi connectivity index (χ1) is 25.4. The molecule has 0 amide bonds. The Kier molecular flexibility index (Phi) is 12.8. The van der Waals surface area contributed by atoms with Crippen LogP contribution in [0.1, 0.15) is 73.1 Å². The Balaban J connectivity index is 1.15. The second-order valence-corrected chi connectivity index (χ2v) is 18.1. The monoisotopic (exact) mass is 770 g/mol. The molecule has 0 radical (unpaired) electrons. The molecule has 4 aliphatic carbocycles. The van der Waals surface area contributed by atoms with E-state index in [0.717, 1.165) is 5.57 Å². The Morgan fingerprint density at radius 1 is 0.833 bits per heavy atom. The lowest BCUT2D eigenvalue weighted by atomic mass is 9.43. The molecular formula is C40H66O14. The van der Waals surface area contributed by atoms with Crippen LogP contribution in [0, 0.1) is 46.3 Å². The van der Waals surface area contributed by atoms with Crippen molar-refractivity contribution in [2.24, 2.45) is 46.3 Å². The van der Waals surface area contributed by atoms with Crippen LogP contribution in [-0.2, 0) is 23.7 Å². The summed E-state index contributed by atoms with van der Waals surface area (Å²) >= 11 is 0. The molecule has 20 atom stereocenters. The van der Waals surface area contributed by atoms with E-state index in [4.69, 9.17) is 23.7 Å². The minimum Gasteiger partial charge on any atom is -0.390 e. The number of ether oxygens (including phenoxy) is 5. The third kappa shape index (κ3) is 7.40. The average molecular weight is 771 g/mol. The summed E-state index contributed by atoms with van der Waals surface area (Å²) in [5, 5.41) is 98.6. The molecule has 6 rings (SSSR count). The number of hydrogen-bond acceptors (Lipinski definition) is 14. The maximum atomic E-state index is 12.8. The van der Waals surface area contributed by atoms with Crippen LogP contribution < -0.4 is 0 Å². The highest BCUT2D eigenvalue weighted by Gasteiger charge is 2.72. The number of hydrogen-bond donors (Lipinski definition) is 9. The largest absolute Gasteiger partial charge is 0.390 e. The van der Waals surface area contributed by atoms with Crippen LogP contribution in [0.4, 0.5) is 0 Å². The van der Waals surface area contributed by atoms with Gasteiger partial charge in [-0.25, -0.2) is 0 Å². The third-order valence-electron chi connectivity index (χ3n) is 14.6. The molecule has 0 spiro atoms. The predicted octanol–water partition coefficient (Wildman–Crippen LogP) is 0.381. The summed E-state index contributed by atoms with van der Waals surface area (Å²) in [6.45, 7) is 10.4. The van der Waals surface area contributed by atoms with Gasteiger partial charge in [0.25, 0.3) is 0 Å². The van der Waals surface area contributed by atoms with Crippen LogP contribution in [0.25, 0.3) is 0 Å². The maximum absolute atomic E-state index is 12.8. The second kappa shape index (κ2) is 16.3. The lowest BCUT2D eigenvalue weighted by Crippen LogP contribution is -2.66. The number of aliphatic hydroxyl groups is 9. The zero-order chi connectivity index (χ0) is 39.5. The van der Waals surface area contributed by atoms with Crippen molar-refractivity contribution in [2.45, 2.75) is 152 Å². The van der Waals surface area contributed by atoms with Crippen LogP contribution in [0.15, 0.2) is 23.8 Å². The summed E-state index contributed by atoms with van der Waals surface area (Å²) in [7, 11) is 1.42. The standard InChI is InChI=1S/C40H66O14/c1-19(2)21(11-14-51-36-33(48)29(44)25(42)17-52-36)8-7-20(3)28-31(46)32(47)35-39(28,5)13-10-27-38(4)12-9-22(15-23(38)24(41)16-40(27,35)49)54-37-34(50-6)30(45)26(43)18-53-37/h7-8,15,19-22,24-37,41-49H,9-14,16-18H2,1-6H3/b8-7+/t20-,21-,22+,24-,25-,26-,27-,28+,29+,30+,31-,32+,33-,34-,35-,36-,37+,38+,39-,40+/m1/s1. The molecule has 3 saturated carbocycles. The van der Waals surface area contributed by atoms with Gasteiger partial charge in [-0.15, -0.1) is 0 Å². The summed E-state index contributed by atoms with van der Waals surface area (Å²) in [6.07, 6.45) is -3.44. The van der Waals surface area contributed by atoms with Gasteiger partial charge < -0.3 is 69.6 Å². The van der Waals surface area contributed by atoms with E-state index in [1.165, 1.54) is 7.11 Å². The predicted molar refractivity (Wildman–Crippen MR) is 193 cm³/mol. The Morgan fingerprint density at radius 2 is 1.50 bits per heavy atom. The molecule has 5 fully saturated rings. The van der Waals surface area contributed by atoms with E-state index in [1.54, 1.807) is 0 Å². The van der Waals surface area contributed by atoms with E-state index < -0.39 is 96.0 Å². The molecule has 2 saturated heterocycles. The first kappa shape index (κ1) is 42.5. The molecule has 0 aromatic carbocycles. The Bertz CT molecular complexity index is 1350. The Labute approximate surface area is 318 Å². The van der Waals surface area contributed by atoms with Crippen molar-refractivity contribution in [3.05, 3.63) is 23.8 Å². The van der Waals surface area contributed by atoms with Gasteiger partial charge in [-0.2, -0.15) is 0 Å². The topological polar surface area (TPSA) is 228 Å². The van der Waals surface area contributed by atoms with Crippen molar-refractivity contribution in [3.8, 4) is 0 Å². The zero-order valence-corrected chi connectivity index (χ0v) is 32.6. The maximum Gasteiger partial charge on any atom is 0.187 e. The van der Waals surface area contributed by atoms with Gasteiger partial charge in [0.1, 0.15) is 36.6 Å². The fourth-order valence-electron chi connectivity index (χ4n) is 11.7. The smallest absolute Gasteiger partial charge is 0.187 e.